The molecule has 16 heteroatoms. The molecule has 0 atom stereocenters. The first kappa shape index (κ1) is 25.5. The number of hydrogen-bond acceptors (Lipinski definition) is 12. The third-order valence-electron chi connectivity index (χ3n) is 3.77. The Bertz CT molecular complexity index is 1220. The number of rotatable bonds is 10. The second kappa shape index (κ2) is 11.3. The van der Waals surface area contributed by atoms with E-state index < -0.39 is 15.9 Å². The van der Waals surface area contributed by atoms with Crippen molar-refractivity contribution in [3.8, 4) is 0 Å². The van der Waals surface area contributed by atoms with Gasteiger partial charge in [-0.05, 0) is 30.0 Å². The molecule has 1 aromatic carbocycles. The van der Waals surface area contributed by atoms with E-state index in [2.05, 4.69) is 31.0 Å². The lowest BCUT2D eigenvalue weighted by atomic mass is 10.2. The molecule has 0 aliphatic rings. The quantitative estimate of drug-likeness (QED) is 0.288. The number of thioether (sulfide) groups is 2. The number of nitrogens with zero attached hydrogens (tertiary/aromatic N) is 5. The van der Waals surface area contributed by atoms with Crippen LogP contribution in [0.2, 0.25) is 0 Å². The summed E-state index contributed by atoms with van der Waals surface area (Å²) in [7, 11) is -0.704. The predicted molar refractivity (Wildman–Crippen MR) is 131 cm³/mol. The third-order valence-corrected chi connectivity index (χ3v) is 9.42. The minimum absolute atomic E-state index is 0.0887. The fraction of sp³-hybridized carbons (Fsp3) is 0.294. The summed E-state index contributed by atoms with van der Waals surface area (Å²) in [6, 6.07) is 5.58. The van der Waals surface area contributed by atoms with Crippen molar-refractivity contribution < 1.29 is 18.0 Å². The number of amides is 2. The summed E-state index contributed by atoms with van der Waals surface area (Å²) >= 11 is 5.16. The molecule has 0 radical (unpaired) electrons. The van der Waals surface area contributed by atoms with E-state index in [0.29, 0.717) is 9.47 Å². The summed E-state index contributed by atoms with van der Waals surface area (Å²) in [4.78, 5) is 24.6. The van der Waals surface area contributed by atoms with Gasteiger partial charge in [-0.25, -0.2) is 12.7 Å². The van der Waals surface area contributed by atoms with Crippen LogP contribution in [0.15, 0.2) is 37.8 Å². The van der Waals surface area contributed by atoms with Gasteiger partial charge < -0.3 is 0 Å². The maximum absolute atomic E-state index is 12.4. The van der Waals surface area contributed by atoms with Crippen LogP contribution in [-0.4, -0.2) is 70.5 Å². The van der Waals surface area contributed by atoms with Crippen LogP contribution in [0.4, 0.5) is 10.3 Å². The van der Waals surface area contributed by atoms with Gasteiger partial charge in [0.25, 0.3) is 5.91 Å². The Hall–Kier alpha value is -2.11. The number of carbonyl (C=O) groups is 2. The van der Waals surface area contributed by atoms with Gasteiger partial charge in [0.1, 0.15) is 0 Å². The fourth-order valence-corrected chi connectivity index (χ4v) is 6.32. The molecule has 2 aromatic heterocycles. The molecule has 3 aromatic rings. The van der Waals surface area contributed by atoms with E-state index in [-0.39, 0.29) is 27.3 Å². The van der Waals surface area contributed by atoms with E-state index in [1.54, 1.807) is 11.8 Å². The number of hydrogen-bond donors (Lipinski definition) is 2. The number of benzene rings is 1. The highest BCUT2D eigenvalue weighted by Gasteiger charge is 2.18. The Kier molecular flexibility index (Phi) is 8.77. The zero-order valence-corrected chi connectivity index (χ0v) is 21.7. The first-order valence-corrected chi connectivity index (χ1v) is 14.3. The molecule has 0 bridgehead atoms. The van der Waals surface area contributed by atoms with Gasteiger partial charge in [-0.15, -0.1) is 20.4 Å². The average Bonchev–Trinajstić information content (AvgIpc) is 3.41. The highest BCUT2D eigenvalue weighted by atomic mass is 32.2. The highest BCUT2D eigenvalue weighted by Crippen LogP contribution is 2.27. The van der Waals surface area contributed by atoms with E-state index in [1.165, 1.54) is 61.5 Å². The molecule has 0 spiro atoms. The van der Waals surface area contributed by atoms with Gasteiger partial charge in [-0.3, -0.25) is 20.2 Å². The normalized spacial score (nSPS) is 11.5. The first-order valence-electron chi connectivity index (χ1n) is 9.25. The number of carbonyl (C=O) groups excluding carboxylic acids is 2. The molecule has 3 rings (SSSR count). The van der Waals surface area contributed by atoms with E-state index in [1.807, 2.05) is 6.92 Å². The SMILES string of the molecule is CCSc1nnc(NC(=O)CSc2nnc(NC(=O)c3ccc(S(=O)(=O)N(C)C)cc3)s2)s1. The Morgan fingerprint density at radius 2 is 1.52 bits per heavy atom. The largest absolute Gasteiger partial charge is 0.300 e. The maximum Gasteiger partial charge on any atom is 0.257 e. The van der Waals surface area contributed by atoms with Crippen molar-refractivity contribution in [1.82, 2.24) is 24.7 Å². The zero-order chi connectivity index (χ0) is 24.0. The third kappa shape index (κ3) is 6.94. The van der Waals surface area contributed by atoms with Crippen LogP contribution < -0.4 is 10.6 Å². The number of aromatic nitrogens is 4. The summed E-state index contributed by atoms with van der Waals surface area (Å²) in [5.74, 6) is 0.266. The average molecular weight is 546 g/mol. The van der Waals surface area contributed by atoms with E-state index >= 15 is 0 Å². The van der Waals surface area contributed by atoms with Crippen molar-refractivity contribution in [2.24, 2.45) is 0 Å². The van der Waals surface area contributed by atoms with Crippen molar-refractivity contribution in [1.29, 1.82) is 0 Å². The van der Waals surface area contributed by atoms with Crippen LogP contribution in [-0.2, 0) is 14.8 Å². The molecule has 2 amide bonds. The van der Waals surface area contributed by atoms with Crippen molar-refractivity contribution in [2.75, 3.05) is 36.2 Å². The summed E-state index contributed by atoms with van der Waals surface area (Å²) in [5.41, 5.74) is 0.272. The van der Waals surface area contributed by atoms with E-state index in [4.69, 9.17) is 0 Å². The van der Waals surface area contributed by atoms with Gasteiger partial charge in [0.15, 0.2) is 8.68 Å². The highest BCUT2D eigenvalue weighted by molar-refractivity contribution is 8.01. The number of nitrogens with one attached hydrogen (secondary N) is 2. The zero-order valence-electron chi connectivity index (χ0n) is 17.6. The molecule has 176 valence electrons. The molecular formula is C17H19N7O4S5. The van der Waals surface area contributed by atoms with Crippen LogP contribution >= 0.6 is 46.2 Å². The van der Waals surface area contributed by atoms with Crippen molar-refractivity contribution in [3.63, 3.8) is 0 Å². The van der Waals surface area contributed by atoms with Crippen LogP contribution in [0.3, 0.4) is 0 Å². The maximum atomic E-state index is 12.4. The molecule has 0 fully saturated rings. The Labute approximate surface area is 206 Å². The Morgan fingerprint density at radius 3 is 2.09 bits per heavy atom. The molecule has 0 aliphatic carbocycles. The van der Waals surface area contributed by atoms with Gasteiger partial charge in [-0.2, -0.15) is 0 Å². The summed E-state index contributed by atoms with van der Waals surface area (Å²) < 4.78 is 26.6. The molecule has 2 heterocycles. The first-order chi connectivity index (χ1) is 15.7. The summed E-state index contributed by atoms with van der Waals surface area (Å²) in [6.07, 6.45) is 0. The second-order valence-corrected chi connectivity index (χ2v) is 13.1. The molecule has 0 unspecified atom stereocenters. The molecule has 2 N–H and O–H groups in total. The smallest absolute Gasteiger partial charge is 0.257 e. The molecule has 33 heavy (non-hydrogen) atoms. The molecule has 11 nitrogen and oxygen atoms in total. The molecule has 0 saturated heterocycles. The standard InChI is InChI=1S/C17H19N7O4S5/c1-4-29-16-22-20-14(31-16)18-12(25)9-30-17-23-21-15(32-17)19-13(26)10-5-7-11(8-6-10)33(27,28)24(2)3/h5-8H,4,9H2,1-3H3,(H,18,20,25)(H,19,21,26). The van der Waals surface area contributed by atoms with Crippen molar-refractivity contribution >= 4 is 78.3 Å². The molecular weight excluding hydrogens is 527 g/mol. The van der Waals surface area contributed by atoms with Crippen LogP contribution in [0.5, 0.6) is 0 Å². The minimum Gasteiger partial charge on any atom is -0.300 e. The van der Waals surface area contributed by atoms with Gasteiger partial charge in [0.2, 0.25) is 26.2 Å². The van der Waals surface area contributed by atoms with Crippen LogP contribution in [0, 0.1) is 0 Å². The van der Waals surface area contributed by atoms with Gasteiger partial charge >= 0.3 is 0 Å². The van der Waals surface area contributed by atoms with Gasteiger partial charge in [0.05, 0.1) is 10.6 Å². The number of sulfonamides is 1. The van der Waals surface area contributed by atoms with Crippen molar-refractivity contribution in [2.45, 2.75) is 20.5 Å². The fourth-order valence-electron chi connectivity index (χ4n) is 2.20. The Balaban J connectivity index is 1.51. The topological polar surface area (TPSA) is 147 Å². The lowest BCUT2D eigenvalue weighted by Crippen LogP contribution is -2.22. The van der Waals surface area contributed by atoms with Crippen molar-refractivity contribution in [3.05, 3.63) is 29.8 Å². The van der Waals surface area contributed by atoms with E-state index in [9.17, 15) is 18.0 Å². The lowest BCUT2D eigenvalue weighted by molar-refractivity contribution is -0.113. The molecule has 0 aliphatic heterocycles. The minimum atomic E-state index is -3.57. The summed E-state index contributed by atoms with van der Waals surface area (Å²) in [6.45, 7) is 2.01. The second-order valence-electron chi connectivity index (χ2n) is 6.28. The molecule has 0 saturated carbocycles. The summed E-state index contributed by atoms with van der Waals surface area (Å²) in [5, 5.41) is 21.8. The van der Waals surface area contributed by atoms with Crippen LogP contribution in [0.1, 0.15) is 17.3 Å². The van der Waals surface area contributed by atoms with E-state index in [0.717, 1.165) is 25.7 Å². The Morgan fingerprint density at radius 1 is 0.939 bits per heavy atom. The van der Waals surface area contributed by atoms with Crippen LogP contribution in [0.25, 0.3) is 0 Å². The predicted octanol–water partition coefficient (Wildman–Crippen LogP) is 2.74. The number of anilines is 2. The lowest BCUT2D eigenvalue weighted by Gasteiger charge is -2.11. The van der Waals surface area contributed by atoms with Gasteiger partial charge in [-0.1, -0.05) is 53.1 Å². The van der Waals surface area contributed by atoms with Gasteiger partial charge in [0, 0.05) is 19.7 Å². The monoisotopic (exact) mass is 545 g/mol.